The van der Waals surface area contributed by atoms with E-state index in [1.54, 1.807) is 37.4 Å². The first-order valence-corrected chi connectivity index (χ1v) is 8.00. The zero-order valence-electron chi connectivity index (χ0n) is 15.1. The number of esters is 1. The summed E-state index contributed by atoms with van der Waals surface area (Å²) in [5.74, 6) is -0.193. The molecule has 2 aromatic carbocycles. The van der Waals surface area contributed by atoms with Crippen LogP contribution in [0.15, 0.2) is 49.1 Å². The maximum Gasteiger partial charge on any atom is 0.337 e. The Morgan fingerprint density at radius 2 is 1.88 bits per heavy atom. The molecule has 0 heterocycles. The fourth-order valence-corrected chi connectivity index (χ4v) is 2.65. The van der Waals surface area contributed by atoms with Crippen LogP contribution in [0.4, 0.5) is 4.39 Å². The summed E-state index contributed by atoms with van der Waals surface area (Å²) in [4.78, 5) is 11.9. The van der Waals surface area contributed by atoms with Crippen LogP contribution in [0.2, 0.25) is 0 Å². The number of ether oxygens (including phenoxy) is 2. The van der Waals surface area contributed by atoms with E-state index in [1.807, 2.05) is 19.9 Å². The Labute approximate surface area is 148 Å². The average Bonchev–Trinajstić information content (AvgIpc) is 2.61. The van der Waals surface area contributed by atoms with Gasteiger partial charge < -0.3 is 9.47 Å². The van der Waals surface area contributed by atoms with Crippen molar-refractivity contribution in [1.29, 1.82) is 0 Å². The second kappa shape index (κ2) is 7.51. The van der Waals surface area contributed by atoms with Gasteiger partial charge in [-0.3, -0.25) is 0 Å². The van der Waals surface area contributed by atoms with Gasteiger partial charge in [-0.1, -0.05) is 26.0 Å². The molecule has 25 heavy (non-hydrogen) atoms. The summed E-state index contributed by atoms with van der Waals surface area (Å²) in [7, 11) is 2.88. The van der Waals surface area contributed by atoms with Crippen LogP contribution in [0.5, 0.6) is 5.75 Å². The van der Waals surface area contributed by atoms with Crippen molar-refractivity contribution in [2.45, 2.75) is 20.3 Å². The molecule has 2 rings (SSSR count). The standard InChI is InChI=1S/C21H23FO3/c1-6-21(2,3)13-15-11-14(20(23)25-5)7-9-17(15)18-12-16(24-4)8-10-19(18)22/h6-12H,1,13H2,2-5H3. The lowest BCUT2D eigenvalue weighted by Gasteiger charge is -2.22. The third-order valence-electron chi connectivity index (χ3n) is 4.19. The molecular formula is C21H23FO3. The molecule has 0 aliphatic rings. The molecule has 0 unspecified atom stereocenters. The van der Waals surface area contributed by atoms with E-state index in [-0.39, 0.29) is 11.2 Å². The topological polar surface area (TPSA) is 35.5 Å². The monoisotopic (exact) mass is 342 g/mol. The van der Waals surface area contributed by atoms with E-state index in [0.29, 0.717) is 23.3 Å². The molecule has 0 radical (unpaired) electrons. The van der Waals surface area contributed by atoms with Crippen LogP contribution in [0.25, 0.3) is 11.1 Å². The van der Waals surface area contributed by atoms with Crippen LogP contribution in [-0.4, -0.2) is 20.2 Å². The van der Waals surface area contributed by atoms with E-state index >= 15 is 0 Å². The van der Waals surface area contributed by atoms with Crippen molar-refractivity contribution < 1.29 is 18.7 Å². The van der Waals surface area contributed by atoms with Crippen molar-refractivity contribution >= 4 is 5.97 Å². The molecule has 0 saturated carbocycles. The van der Waals surface area contributed by atoms with Crippen molar-refractivity contribution in [2.24, 2.45) is 5.41 Å². The van der Waals surface area contributed by atoms with Crippen LogP contribution < -0.4 is 4.74 Å². The lowest BCUT2D eigenvalue weighted by Crippen LogP contribution is -2.13. The maximum atomic E-state index is 14.4. The number of hydrogen-bond donors (Lipinski definition) is 0. The quantitative estimate of drug-likeness (QED) is 0.545. The van der Waals surface area contributed by atoms with Crippen LogP contribution in [0, 0.1) is 11.2 Å². The van der Waals surface area contributed by atoms with Crippen molar-refractivity contribution in [3.8, 4) is 16.9 Å². The van der Waals surface area contributed by atoms with Gasteiger partial charge in [0.15, 0.2) is 0 Å². The molecule has 132 valence electrons. The largest absolute Gasteiger partial charge is 0.497 e. The minimum atomic E-state index is -0.421. The van der Waals surface area contributed by atoms with E-state index < -0.39 is 5.97 Å². The summed E-state index contributed by atoms with van der Waals surface area (Å²) in [5, 5.41) is 0. The Morgan fingerprint density at radius 3 is 2.48 bits per heavy atom. The van der Waals surface area contributed by atoms with E-state index in [0.717, 1.165) is 11.1 Å². The number of benzene rings is 2. The minimum Gasteiger partial charge on any atom is -0.497 e. The number of carbonyl (C=O) groups is 1. The molecule has 2 aromatic rings. The molecule has 3 nitrogen and oxygen atoms in total. The zero-order chi connectivity index (χ0) is 18.6. The fourth-order valence-electron chi connectivity index (χ4n) is 2.65. The van der Waals surface area contributed by atoms with Crippen LogP contribution in [-0.2, 0) is 11.2 Å². The Hall–Kier alpha value is -2.62. The number of allylic oxidation sites excluding steroid dienone is 1. The first-order valence-electron chi connectivity index (χ1n) is 8.00. The van der Waals surface area contributed by atoms with E-state index in [4.69, 9.17) is 9.47 Å². The Morgan fingerprint density at radius 1 is 1.16 bits per heavy atom. The van der Waals surface area contributed by atoms with Gasteiger partial charge >= 0.3 is 5.97 Å². The van der Waals surface area contributed by atoms with Crippen molar-refractivity contribution in [3.63, 3.8) is 0 Å². The normalized spacial score (nSPS) is 11.1. The molecular weight excluding hydrogens is 319 g/mol. The van der Waals surface area contributed by atoms with Gasteiger partial charge in [0.2, 0.25) is 0 Å². The number of halogens is 1. The highest BCUT2D eigenvalue weighted by Crippen LogP contribution is 2.34. The third kappa shape index (κ3) is 4.27. The second-order valence-electron chi connectivity index (χ2n) is 6.58. The summed E-state index contributed by atoms with van der Waals surface area (Å²) in [6, 6.07) is 9.77. The highest BCUT2D eigenvalue weighted by atomic mass is 19.1. The molecule has 4 heteroatoms. The number of rotatable bonds is 6. The van der Waals surface area contributed by atoms with Gasteiger partial charge in [-0.25, -0.2) is 9.18 Å². The molecule has 0 aromatic heterocycles. The Bertz CT molecular complexity index is 794. The molecule has 0 bridgehead atoms. The van der Waals surface area contributed by atoms with Crippen LogP contribution in [0.3, 0.4) is 0 Å². The predicted molar refractivity (Wildman–Crippen MR) is 97.4 cm³/mol. The Balaban J connectivity index is 2.64. The van der Waals surface area contributed by atoms with Crippen LogP contribution >= 0.6 is 0 Å². The van der Waals surface area contributed by atoms with E-state index in [9.17, 15) is 9.18 Å². The third-order valence-corrected chi connectivity index (χ3v) is 4.19. The number of hydrogen-bond acceptors (Lipinski definition) is 3. The first kappa shape index (κ1) is 18.7. The predicted octanol–water partition coefficient (Wildman–Crippen LogP) is 5.04. The van der Waals surface area contributed by atoms with E-state index in [2.05, 4.69) is 6.58 Å². The molecule has 0 spiro atoms. The molecule has 0 N–H and O–H groups in total. The summed E-state index contributed by atoms with van der Waals surface area (Å²) in [5.41, 5.74) is 2.23. The lowest BCUT2D eigenvalue weighted by molar-refractivity contribution is 0.0600. The fraction of sp³-hybridized carbons (Fsp3) is 0.286. The Kier molecular flexibility index (Phi) is 5.62. The maximum absolute atomic E-state index is 14.4. The van der Waals surface area contributed by atoms with Crippen LogP contribution in [0.1, 0.15) is 29.8 Å². The zero-order valence-corrected chi connectivity index (χ0v) is 15.1. The van der Waals surface area contributed by atoms with Crippen molar-refractivity contribution in [3.05, 3.63) is 66.0 Å². The molecule has 0 aliphatic heterocycles. The smallest absolute Gasteiger partial charge is 0.337 e. The summed E-state index contributed by atoms with van der Waals surface area (Å²) in [6.45, 7) is 7.94. The first-order chi connectivity index (χ1) is 11.8. The van der Waals surface area contributed by atoms with Gasteiger partial charge in [0, 0.05) is 5.56 Å². The lowest BCUT2D eigenvalue weighted by atomic mass is 9.82. The van der Waals surface area contributed by atoms with Gasteiger partial charge in [0.25, 0.3) is 0 Å². The van der Waals surface area contributed by atoms with Crippen molar-refractivity contribution in [1.82, 2.24) is 0 Å². The van der Waals surface area contributed by atoms with Gasteiger partial charge in [-0.2, -0.15) is 0 Å². The van der Waals surface area contributed by atoms with E-state index in [1.165, 1.54) is 13.2 Å². The SMILES string of the molecule is C=CC(C)(C)Cc1cc(C(=O)OC)ccc1-c1cc(OC)ccc1F. The number of carbonyl (C=O) groups excluding carboxylic acids is 1. The molecule has 0 saturated heterocycles. The highest BCUT2D eigenvalue weighted by molar-refractivity contribution is 5.90. The molecule has 0 aliphatic carbocycles. The highest BCUT2D eigenvalue weighted by Gasteiger charge is 2.20. The average molecular weight is 342 g/mol. The second-order valence-corrected chi connectivity index (χ2v) is 6.58. The summed E-state index contributed by atoms with van der Waals surface area (Å²) >= 11 is 0. The summed E-state index contributed by atoms with van der Waals surface area (Å²) in [6.07, 6.45) is 2.46. The molecule has 0 fully saturated rings. The van der Waals surface area contributed by atoms with Gasteiger partial charge in [0.05, 0.1) is 19.8 Å². The van der Waals surface area contributed by atoms with Gasteiger partial charge in [-0.05, 0) is 53.3 Å². The number of methoxy groups -OCH3 is 2. The minimum absolute atomic E-state index is 0.209. The van der Waals surface area contributed by atoms with Gasteiger partial charge in [-0.15, -0.1) is 6.58 Å². The summed E-state index contributed by atoms with van der Waals surface area (Å²) < 4.78 is 24.5. The van der Waals surface area contributed by atoms with Crippen molar-refractivity contribution in [2.75, 3.05) is 14.2 Å². The molecule has 0 amide bonds. The molecule has 0 atom stereocenters. The van der Waals surface area contributed by atoms with Gasteiger partial charge in [0.1, 0.15) is 11.6 Å².